The normalized spacial score (nSPS) is 11.2. The quantitative estimate of drug-likeness (QED) is 0.249. The van der Waals surface area contributed by atoms with Gasteiger partial charge >= 0.3 is 0 Å². The number of carbonyl (C=O) groups is 2. The van der Waals surface area contributed by atoms with Crippen molar-refractivity contribution in [3.8, 4) is 0 Å². The van der Waals surface area contributed by atoms with Crippen molar-refractivity contribution in [3.05, 3.63) is 108 Å². The third kappa shape index (κ3) is 4.52. The second-order valence-electron chi connectivity index (χ2n) is 6.99. The van der Waals surface area contributed by atoms with Gasteiger partial charge in [0.1, 0.15) is 0 Å². The smallest absolute Gasteiger partial charge is 0.219 e. The number of carbonyl (C=O) groups excluding carboxylic acids is 2. The molecule has 3 heteroatoms. The number of ketones is 2. The third-order valence-corrected chi connectivity index (χ3v) is 4.96. The van der Waals surface area contributed by atoms with Crippen molar-refractivity contribution in [2.45, 2.75) is 31.8 Å². The zero-order valence-corrected chi connectivity index (χ0v) is 16.7. The van der Waals surface area contributed by atoms with Crippen LogP contribution in [0.3, 0.4) is 0 Å². The summed E-state index contributed by atoms with van der Waals surface area (Å²) in [5.41, 5.74) is -0.246. The van der Waals surface area contributed by atoms with Crippen molar-refractivity contribution >= 4 is 11.6 Å². The Bertz CT molecular complexity index is 866. The molecule has 0 spiro atoms. The zero-order chi connectivity index (χ0) is 20.5. The predicted octanol–water partition coefficient (Wildman–Crippen LogP) is 5.85. The Kier molecular flexibility index (Phi) is 7.09. The Labute approximate surface area is 172 Å². The number of hydrogen-bond donors (Lipinski definition) is 0. The van der Waals surface area contributed by atoms with Crippen LogP contribution in [-0.4, -0.2) is 18.2 Å². The van der Waals surface area contributed by atoms with Gasteiger partial charge in [-0.25, -0.2) is 0 Å². The van der Waals surface area contributed by atoms with Crippen LogP contribution < -0.4 is 0 Å². The van der Waals surface area contributed by atoms with Crippen LogP contribution in [0.1, 0.15) is 52.5 Å². The van der Waals surface area contributed by atoms with Crippen LogP contribution >= 0.6 is 0 Å². The summed E-state index contributed by atoms with van der Waals surface area (Å²) in [6.45, 7) is 2.44. The number of Topliss-reactive ketones (excluding diaryl/α,β-unsaturated/α-hetero) is 2. The van der Waals surface area contributed by atoms with Crippen LogP contribution in [0.2, 0.25) is 0 Å². The van der Waals surface area contributed by atoms with E-state index in [1.54, 1.807) is 60.7 Å². The molecule has 0 bridgehead atoms. The number of rotatable bonds is 10. The van der Waals surface area contributed by atoms with E-state index >= 15 is 0 Å². The van der Waals surface area contributed by atoms with Crippen LogP contribution in [0.4, 0.5) is 0 Å². The van der Waals surface area contributed by atoms with E-state index in [1.807, 2.05) is 30.3 Å². The highest BCUT2D eigenvalue weighted by atomic mass is 16.5. The van der Waals surface area contributed by atoms with Crippen LogP contribution in [0.15, 0.2) is 91.0 Å². The van der Waals surface area contributed by atoms with Gasteiger partial charge in [-0.2, -0.15) is 0 Å². The van der Waals surface area contributed by atoms with E-state index in [2.05, 4.69) is 6.92 Å². The Morgan fingerprint density at radius 3 is 1.59 bits per heavy atom. The van der Waals surface area contributed by atoms with E-state index in [0.29, 0.717) is 23.3 Å². The lowest BCUT2D eigenvalue weighted by atomic mass is 9.79. The summed E-state index contributed by atoms with van der Waals surface area (Å²) >= 11 is 0. The molecule has 0 N–H and O–H groups in total. The topological polar surface area (TPSA) is 43.4 Å². The Hall–Kier alpha value is -3.04. The molecule has 3 aromatic rings. The van der Waals surface area contributed by atoms with Crippen molar-refractivity contribution in [1.82, 2.24) is 0 Å². The van der Waals surface area contributed by atoms with E-state index in [1.165, 1.54) is 0 Å². The molecule has 0 atom stereocenters. The largest absolute Gasteiger partial charge is 0.354 e. The summed E-state index contributed by atoms with van der Waals surface area (Å²) in [7, 11) is 0. The monoisotopic (exact) mass is 386 g/mol. The highest BCUT2D eigenvalue weighted by molar-refractivity contribution is 6.22. The van der Waals surface area contributed by atoms with Gasteiger partial charge in [0.15, 0.2) is 0 Å². The highest BCUT2D eigenvalue weighted by Gasteiger charge is 2.49. The molecule has 0 amide bonds. The predicted molar refractivity (Wildman–Crippen MR) is 115 cm³/mol. The molecule has 0 aliphatic carbocycles. The summed E-state index contributed by atoms with van der Waals surface area (Å²) in [6.07, 6.45) is 2.79. The Morgan fingerprint density at radius 2 is 1.14 bits per heavy atom. The second kappa shape index (κ2) is 9.94. The lowest BCUT2D eigenvalue weighted by molar-refractivity contribution is -0.0171. The minimum Gasteiger partial charge on any atom is -0.354 e. The van der Waals surface area contributed by atoms with Crippen molar-refractivity contribution in [2.24, 2.45) is 0 Å². The maximum atomic E-state index is 13.8. The molecule has 0 aliphatic heterocycles. The fraction of sp³-hybridized carbons (Fsp3) is 0.231. The molecule has 0 unspecified atom stereocenters. The summed E-state index contributed by atoms with van der Waals surface area (Å²) in [6, 6.07) is 26.9. The molecule has 0 saturated heterocycles. The third-order valence-electron chi connectivity index (χ3n) is 4.96. The SMILES string of the molecule is CCCCCOC(C(=O)c1ccccc1)(C(=O)c1ccccc1)c1ccccc1. The molecule has 0 fully saturated rings. The van der Waals surface area contributed by atoms with E-state index in [0.717, 1.165) is 19.3 Å². The molecule has 0 aliphatic rings. The molecular weight excluding hydrogens is 360 g/mol. The van der Waals surface area contributed by atoms with Gasteiger partial charge in [0, 0.05) is 17.7 Å². The van der Waals surface area contributed by atoms with Crippen LogP contribution in [-0.2, 0) is 10.3 Å². The molecule has 0 aromatic heterocycles. The Balaban J connectivity index is 2.15. The van der Waals surface area contributed by atoms with Crippen molar-refractivity contribution in [3.63, 3.8) is 0 Å². The minimum absolute atomic E-state index is 0.333. The van der Waals surface area contributed by atoms with Gasteiger partial charge in [0.05, 0.1) is 0 Å². The summed E-state index contributed by atoms with van der Waals surface area (Å²) in [4.78, 5) is 27.6. The number of benzene rings is 3. The lowest BCUT2D eigenvalue weighted by Crippen LogP contribution is -2.46. The Morgan fingerprint density at radius 1 is 0.690 bits per heavy atom. The average molecular weight is 386 g/mol. The fourth-order valence-electron chi connectivity index (χ4n) is 3.42. The van der Waals surface area contributed by atoms with E-state index < -0.39 is 5.60 Å². The van der Waals surface area contributed by atoms with Gasteiger partial charge in [-0.1, -0.05) is 111 Å². The minimum atomic E-state index is -1.71. The maximum absolute atomic E-state index is 13.8. The first kappa shape index (κ1) is 20.7. The molecule has 0 radical (unpaired) electrons. The van der Waals surface area contributed by atoms with E-state index in [4.69, 9.17) is 4.74 Å². The number of ether oxygens (including phenoxy) is 1. The summed E-state index contributed by atoms with van der Waals surface area (Å²) in [5.74, 6) is -0.677. The van der Waals surface area contributed by atoms with Crippen molar-refractivity contribution in [1.29, 1.82) is 0 Å². The molecular formula is C26H26O3. The standard InChI is InChI=1S/C26H26O3/c1-2-3-13-20-29-26(23-18-11-6-12-19-23,24(27)21-14-7-4-8-15-21)25(28)22-16-9-5-10-17-22/h4-12,14-19H,2-3,13,20H2,1H3. The summed E-state index contributed by atoms with van der Waals surface area (Å²) < 4.78 is 6.25. The van der Waals surface area contributed by atoms with Gasteiger partial charge in [0.25, 0.3) is 0 Å². The first-order chi connectivity index (χ1) is 14.2. The van der Waals surface area contributed by atoms with Crippen LogP contribution in [0.5, 0.6) is 0 Å². The van der Waals surface area contributed by atoms with Crippen molar-refractivity contribution < 1.29 is 14.3 Å². The second-order valence-corrected chi connectivity index (χ2v) is 6.99. The maximum Gasteiger partial charge on any atom is 0.219 e. The number of unbranched alkanes of at least 4 members (excludes halogenated alkanes) is 2. The van der Waals surface area contributed by atoms with Crippen molar-refractivity contribution in [2.75, 3.05) is 6.61 Å². The van der Waals surface area contributed by atoms with E-state index in [-0.39, 0.29) is 11.6 Å². The molecule has 148 valence electrons. The van der Waals surface area contributed by atoms with Gasteiger partial charge in [-0.15, -0.1) is 0 Å². The van der Waals surface area contributed by atoms with Crippen LogP contribution in [0.25, 0.3) is 0 Å². The first-order valence-electron chi connectivity index (χ1n) is 10.1. The molecule has 0 saturated carbocycles. The fourth-order valence-corrected chi connectivity index (χ4v) is 3.42. The van der Waals surface area contributed by atoms with Gasteiger partial charge < -0.3 is 4.74 Å². The highest BCUT2D eigenvalue weighted by Crippen LogP contribution is 2.34. The number of hydrogen-bond acceptors (Lipinski definition) is 3. The molecule has 0 heterocycles. The zero-order valence-electron chi connectivity index (χ0n) is 16.7. The molecule has 29 heavy (non-hydrogen) atoms. The van der Waals surface area contributed by atoms with Crippen LogP contribution in [0, 0.1) is 0 Å². The molecule has 3 nitrogen and oxygen atoms in total. The van der Waals surface area contributed by atoms with Gasteiger partial charge in [0.2, 0.25) is 17.2 Å². The summed E-state index contributed by atoms with van der Waals surface area (Å²) in [5, 5.41) is 0. The van der Waals surface area contributed by atoms with Gasteiger partial charge in [-0.05, 0) is 12.0 Å². The molecule has 3 rings (SSSR count). The van der Waals surface area contributed by atoms with E-state index in [9.17, 15) is 9.59 Å². The molecule has 3 aromatic carbocycles. The average Bonchev–Trinajstić information content (AvgIpc) is 2.80. The first-order valence-corrected chi connectivity index (χ1v) is 10.1. The lowest BCUT2D eigenvalue weighted by Gasteiger charge is -2.32. The van der Waals surface area contributed by atoms with Gasteiger partial charge in [-0.3, -0.25) is 9.59 Å².